The third kappa shape index (κ3) is 4.85. The molecular weight excluding hydrogens is 348 g/mol. The molecule has 0 heterocycles. The predicted octanol–water partition coefficient (Wildman–Crippen LogP) is 5.84. The van der Waals surface area contributed by atoms with Gasteiger partial charge in [0, 0.05) is 24.1 Å². The summed E-state index contributed by atoms with van der Waals surface area (Å²) in [5.41, 5.74) is 2.90. The van der Waals surface area contributed by atoms with Gasteiger partial charge in [-0.2, -0.15) is 0 Å². The third-order valence-corrected chi connectivity index (χ3v) is 4.65. The average Bonchev–Trinajstić information content (AvgIpc) is 2.67. The van der Waals surface area contributed by atoms with Crippen LogP contribution in [0.4, 0.5) is 14.5 Å². The van der Waals surface area contributed by atoms with Gasteiger partial charge in [-0.1, -0.05) is 38.1 Å². The smallest absolute Gasteiger partial charge is 0.264 e. The van der Waals surface area contributed by atoms with E-state index in [1.165, 1.54) is 16.5 Å². The summed E-state index contributed by atoms with van der Waals surface area (Å²) in [7, 11) is 0. The zero-order valence-electron chi connectivity index (χ0n) is 16.4. The molecular formula is C22H27F2NO2. The van der Waals surface area contributed by atoms with Gasteiger partial charge in [0.05, 0.1) is 5.69 Å². The molecule has 0 N–H and O–H groups in total. The molecule has 0 aliphatic heterocycles. The summed E-state index contributed by atoms with van der Waals surface area (Å²) in [6.45, 7) is 8.00. The minimum absolute atomic E-state index is 0.0182. The van der Waals surface area contributed by atoms with Crippen molar-refractivity contribution in [1.82, 2.24) is 0 Å². The lowest BCUT2D eigenvalue weighted by Gasteiger charge is -2.25. The van der Waals surface area contributed by atoms with Crippen LogP contribution in [0.5, 0.6) is 5.75 Å². The van der Waals surface area contributed by atoms with E-state index in [0.717, 1.165) is 12.0 Å². The number of amides is 1. The highest BCUT2D eigenvalue weighted by Gasteiger charge is 2.22. The summed E-state index contributed by atoms with van der Waals surface area (Å²) in [5.74, 6) is 0.556. The van der Waals surface area contributed by atoms with Gasteiger partial charge in [-0.25, -0.2) is 8.78 Å². The Balaban J connectivity index is 2.40. The molecule has 27 heavy (non-hydrogen) atoms. The molecule has 0 aliphatic carbocycles. The predicted molar refractivity (Wildman–Crippen MR) is 105 cm³/mol. The molecule has 146 valence electrons. The lowest BCUT2D eigenvalue weighted by molar-refractivity contribution is -0.118. The van der Waals surface area contributed by atoms with Gasteiger partial charge in [-0.05, 0) is 43.5 Å². The number of hydrogen-bond acceptors (Lipinski definition) is 2. The van der Waals surface area contributed by atoms with Gasteiger partial charge in [-0.15, -0.1) is 0 Å². The first-order valence-corrected chi connectivity index (χ1v) is 9.35. The van der Waals surface area contributed by atoms with Crippen LogP contribution in [0.25, 0.3) is 0 Å². The van der Waals surface area contributed by atoms with Crippen molar-refractivity contribution in [3.8, 4) is 5.75 Å². The SMILES string of the molecule is CCC(=O)N(CC)c1cccc(C(F)F)c1COc1ccc(CC)cc1C. The number of carbonyl (C=O) groups is 1. The first kappa shape index (κ1) is 20.9. The molecule has 1 amide bonds. The van der Waals surface area contributed by atoms with Crippen molar-refractivity contribution in [2.75, 3.05) is 11.4 Å². The average molecular weight is 375 g/mol. The molecule has 0 fully saturated rings. The zero-order chi connectivity index (χ0) is 20.0. The number of benzene rings is 2. The maximum Gasteiger partial charge on any atom is 0.264 e. The molecule has 2 aromatic rings. The molecule has 3 nitrogen and oxygen atoms in total. The number of alkyl halides is 2. The maximum atomic E-state index is 13.6. The van der Waals surface area contributed by atoms with E-state index in [0.29, 0.717) is 30.0 Å². The summed E-state index contributed by atoms with van der Waals surface area (Å²) in [6, 6.07) is 10.5. The van der Waals surface area contributed by atoms with Gasteiger partial charge in [0.2, 0.25) is 5.91 Å². The lowest BCUT2D eigenvalue weighted by Crippen LogP contribution is -2.31. The van der Waals surface area contributed by atoms with Crippen LogP contribution in [0, 0.1) is 6.92 Å². The molecule has 2 aromatic carbocycles. The molecule has 0 spiro atoms. The van der Waals surface area contributed by atoms with E-state index in [1.807, 2.05) is 32.0 Å². The highest BCUT2D eigenvalue weighted by molar-refractivity contribution is 5.94. The standard InChI is InChI=1S/C22H27F2NO2/c1-5-16-11-12-20(15(4)13-16)27-14-18-17(22(23)24)9-8-10-19(18)25(7-3)21(26)6-2/h8-13,22H,5-7,14H2,1-4H3. The number of anilines is 1. The van der Waals surface area contributed by atoms with E-state index >= 15 is 0 Å². The van der Waals surface area contributed by atoms with Crippen molar-refractivity contribution in [2.45, 2.75) is 53.6 Å². The van der Waals surface area contributed by atoms with Crippen LogP contribution in [0.2, 0.25) is 0 Å². The van der Waals surface area contributed by atoms with Crippen LogP contribution in [-0.2, 0) is 17.8 Å². The van der Waals surface area contributed by atoms with Crippen molar-refractivity contribution in [3.05, 3.63) is 58.7 Å². The van der Waals surface area contributed by atoms with Gasteiger partial charge in [0.15, 0.2) is 0 Å². The summed E-state index contributed by atoms with van der Waals surface area (Å²) >= 11 is 0. The van der Waals surface area contributed by atoms with Crippen LogP contribution in [-0.4, -0.2) is 12.5 Å². The Hall–Kier alpha value is -2.43. The Labute approximate surface area is 160 Å². The Morgan fingerprint density at radius 1 is 1.15 bits per heavy atom. The molecule has 0 bridgehead atoms. The Bertz CT molecular complexity index is 790. The van der Waals surface area contributed by atoms with Gasteiger partial charge in [-0.3, -0.25) is 4.79 Å². The number of hydrogen-bond donors (Lipinski definition) is 0. The van der Waals surface area contributed by atoms with E-state index in [1.54, 1.807) is 19.1 Å². The van der Waals surface area contributed by atoms with E-state index in [4.69, 9.17) is 4.74 Å². The second kappa shape index (κ2) is 9.49. The number of nitrogens with zero attached hydrogens (tertiary/aromatic N) is 1. The molecule has 0 radical (unpaired) electrons. The van der Waals surface area contributed by atoms with Gasteiger partial charge >= 0.3 is 0 Å². The lowest BCUT2D eigenvalue weighted by atomic mass is 10.0. The van der Waals surface area contributed by atoms with Crippen LogP contribution < -0.4 is 9.64 Å². The van der Waals surface area contributed by atoms with E-state index in [9.17, 15) is 13.6 Å². The molecule has 5 heteroatoms. The molecule has 2 rings (SSSR count). The normalized spacial score (nSPS) is 10.9. The van der Waals surface area contributed by atoms with Gasteiger partial charge < -0.3 is 9.64 Å². The molecule has 0 saturated carbocycles. The first-order chi connectivity index (χ1) is 12.9. The Kier molecular flexibility index (Phi) is 7.34. The highest BCUT2D eigenvalue weighted by atomic mass is 19.3. The quantitative estimate of drug-likeness (QED) is 0.580. The second-order valence-corrected chi connectivity index (χ2v) is 6.38. The molecule has 0 atom stereocenters. The zero-order valence-corrected chi connectivity index (χ0v) is 16.4. The van der Waals surface area contributed by atoms with Gasteiger partial charge in [0.1, 0.15) is 12.4 Å². The Morgan fingerprint density at radius 2 is 1.89 bits per heavy atom. The number of aryl methyl sites for hydroxylation is 2. The summed E-state index contributed by atoms with van der Waals surface area (Å²) < 4.78 is 33.1. The first-order valence-electron chi connectivity index (χ1n) is 9.35. The highest BCUT2D eigenvalue weighted by Crippen LogP contribution is 2.32. The summed E-state index contributed by atoms with van der Waals surface area (Å²) in [4.78, 5) is 13.8. The maximum absolute atomic E-state index is 13.6. The topological polar surface area (TPSA) is 29.5 Å². The van der Waals surface area contributed by atoms with Crippen molar-refractivity contribution in [3.63, 3.8) is 0 Å². The molecule has 0 saturated heterocycles. The molecule has 0 aliphatic rings. The van der Waals surface area contributed by atoms with E-state index in [-0.39, 0.29) is 18.1 Å². The van der Waals surface area contributed by atoms with Crippen molar-refractivity contribution < 1.29 is 18.3 Å². The monoisotopic (exact) mass is 375 g/mol. The Morgan fingerprint density at radius 3 is 2.44 bits per heavy atom. The van der Waals surface area contributed by atoms with Crippen molar-refractivity contribution >= 4 is 11.6 Å². The minimum atomic E-state index is -2.64. The van der Waals surface area contributed by atoms with Crippen LogP contribution in [0.1, 0.15) is 55.9 Å². The van der Waals surface area contributed by atoms with Gasteiger partial charge in [0.25, 0.3) is 6.43 Å². The number of halogens is 2. The molecule has 0 aromatic heterocycles. The van der Waals surface area contributed by atoms with E-state index in [2.05, 4.69) is 6.92 Å². The largest absolute Gasteiger partial charge is 0.489 e. The number of ether oxygens (including phenoxy) is 1. The number of carbonyl (C=O) groups excluding carboxylic acids is 1. The second-order valence-electron chi connectivity index (χ2n) is 6.38. The summed E-state index contributed by atoms with van der Waals surface area (Å²) in [5, 5.41) is 0. The third-order valence-electron chi connectivity index (χ3n) is 4.65. The van der Waals surface area contributed by atoms with Crippen molar-refractivity contribution in [2.24, 2.45) is 0 Å². The fourth-order valence-electron chi connectivity index (χ4n) is 3.12. The molecule has 0 unspecified atom stereocenters. The van der Waals surface area contributed by atoms with Crippen LogP contribution in [0.15, 0.2) is 36.4 Å². The minimum Gasteiger partial charge on any atom is -0.489 e. The number of rotatable bonds is 8. The van der Waals surface area contributed by atoms with Crippen LogP contribution in [0.3, 0.4) is 0 Å². The van der Waals surface area contributed by atoms with Crippen LogP contribution >= 0.6 is 0 Å². The summed E-state index contributed by atoms with van der Waals surface area (Å²) in [6.07, 6.45) is -1.41. The van der Waals surface area contributed by atoms with Crippen molar-refractivity contribution in [1.29, 1.82) is 0 Å². The fraction of sp³-hybridized carbons (Fsp3) is 0.409. The van der Waals surface area contributed by atoms with E-state index < -0.39 is 6.43 Å². The fourth-order valence-corrected chi connectivity index (χ4v) is 3.12.